The van der Waals surface area contributed by atoms with E-state index in [0.717, 1.165) is 16.8 Å². The third-order valence-corrected chi connectivity index (χ3v) is 3.73. The molecule has 92 valence electrons. The van der Waals surface area contributed by atoms with Gasteiger partial charge in [0.25, 0.3) is 0 Å². The molecule has 1 atom stereocenters. The SMILES string of the molecule is CC(C)(C)CC(O)CNCc1csc(Br)c1. The van der Waals surface area contributed by atoms with Crippen LogP contribution in [0.5, 0.6) is 0 Å². The van der Waals surface area contributed by atoms with Crippen molar-refractivity contribution in [1.29, 1.82) is 0 Å². The molecule has 1 rings (SSSR count). The number of hydrogen-bond donors (Lipinski definition) is 2. The summed E-state index contributed by atoms with van der Waals surface area (Å²) >= 11 is 5.12. The van der Waals surface area contributed by atoms with Crippen LogP contribution in [0.2, 0.25) is 0 Å². The van der Waals surface area contributed by atoms with Crippen LogP contribution in [0.4, 0.5) is 0 Å². The van der Waals surface area contributed by atoms with Crippen molar-refractivity contribution in [3.63, 3.8) is 0 Å². The van der Waals surface area contributed by atoms with Crippen LogP contribution in [0, 0.1) is 5.41 Å². The first-order valence-corrected chi connectivity index (χ1v) is 7.16. The fraction of sp³-hybridized carbons (Fsp3) is 0.667. The third-order valence-electron chi connectivity index (χ3n) is 2.18. The Labute approximate surface area is 110 Å². The summed E-state index contributed by atoms with van der Waals surface area (Å²) in [6.07, 6.45) is 0.565. The van der Waals surface area contributed by atoms with Gasteiger partial charge in [0.2, 0.25) is 0 Å². The number of hydrogen-bond acceptors (Lipinski definition) is 3. The molecule has 0 aliphatic heterocycles. The Morgan fingerprint density at radius 3 is 2.69 bits per heavy atom. The lowest BCUT2D eigenvalue weighted by Crippen LogP contribution is -2.29. The number of thiophene rings is 1. The third kappa shape index (κ3) is 5.99. The highest BCUT2D eigenvalue weighted by Gasteiger charge is 2.16. The molecule has 0 radical (unpaired) electrons. The molecule has 1 unspecified atom stereocenters. The van der Waals surface area contributed by atoms with Crippen molar-refractivity contribution in [2.24, 2.45) is 5.41 Å². The fourth-order valence-corrected chi connectivity index (χ4v) is 2.81. The van der Waals surface area contributed by atoms with E-state index in [9.17, 15) is 5.11 Å². The molecule has 0 aromatic carbocycles. The van der Waals surface area contributed by atoms with Gasteiger partial charge in [0.05, 0.1) is 9.89 Å². The second-order valence-electron chi connectivity index (χ2n) is 5.31. The standard InChI is InChI=1S/C12H20BrNOS/c1-12(2,3)5-10(15)7-14-6-9-4-11(13)16-8-9/h4,8,10,14-15H,5-7H2,1-3H3. The molecule has 2 nitrogen and oxygen atoms in total. The van der Waals surface area contributed by atoms with Gasteiger partial charge in [-0.2, -0.15) is 0 Å². The van der Waals surface area contributed by atoms with Gasteiger partial charge in [-0.3, -0.25) is 0 Å². The van der Waals surface area contributed by atoms with Crippen molar-refractivity contribution in [1.82, 2.24) is 5.32 Å². The smallest absolute Gasteiger partial charge is 0.0701 e. The molecular formula is C12H20BrNOS. The Morgan fingerprint density at radius 1 is 1.50 bits per heavy atom. The number of aliphatic hydroxyl groups excluding tert-OH is 1. The summed E-state index contributed by atoms with van der Waals surface area (Å²) < 4.78 is 1.15. The Kier molecular flexibility index (Phi) is 5.44. The van der Waals surface area contributed by atoms with Gasteiger partial charge < -0.3 is 10.4 Å². The van der Waals surface area contributed by atoms with Gasteiger partial charge in [0, 0.05) is 13.1 Å². The second kappa shape index (κ2) is 6.15. The molecule has 0 fully saturated rings. The lowest BCUT2D eigenvalue weighted by Gasteiger charge is -2.22. The van der Waals surface area contributed by atoms with Crippen LogP contribution in [0.3, 0.4) is 0 Å². The van der Waals surface area contributed by atoms with Gasteiger partial charge in [-0.05, 0) is 44.8 Å². The van der Waals surface area contributed by atoms with Crippen molar-refractivity contribution in [2.45, 2.75) is 39.8 Å². The molecule has 1 heterocycles. The zero-order valence-electron chi connectivity index (χ0n) is 10.1. The van der Waals surface area contributed by atoms with Crippen molar-refractivity contribution in [3.8, 4) is 0 Å². The van der Waals surface area contributed by atoms with Crippen LogP contribution in [-0.2, 0) is 6.54 Å². The summed E-state index contributed by atoms with van der Waals surface area (Å²) in [6, 6.07) is 2.10. The highest BCUT2D eigenvalue weighted by atomic mass is 79.9. The normalized spacial score (nSPS) is 14.1. The summed E-state index contributed by atoms with van der Waals surface area (Å²) in [5.41, 5.74) is 1.45. The first kappa shape index (κ1) is 14.2. The molecule has 1 aromatic rings. The van der Waals surface area contributed by atoms with Gasteiger partial charge >= 0.3 is 0 Å². The maximum atomic E-state index is 9.80. The summed E-state index contributed by atoms with van der Waals surface area (Å²) in [7, 11) is 0. The lowest BCUT2D eigenvalue weighted by atomic mass is 9.89. The maximum absolute atomic E-state index is 9.80. The predicted octanol–water partition coefficient (Wildman–Crippen LogP) is 3.40. The fourth-order valence-electron chi connectivity index (χ4n) is 1.60. The van der Waals surface area contributed by atoms with Crippen molar-refractivity contribution < 1.29 is 5.11 Å². The van der Waals surface area contributed by atoms with Gasteiger partial charge in [0.15, 0.2) is 0 Å². The minimum absolute atomic E-state index is 0.187. The molecular weight excluding hydrogens is 286 g/mol. The molecule has 0 aliphatic rings. The number of nitrogens with one attached hydrogen (secondary N) is 1. The zero-order valence-corrected chi connectivity index (χ0v) is 12.5. The van der Waals surface area contributed by atoms with Crippen LogP contribution in [0.1, 0.15) is 32.8 Å². The van der Waals surface area contributed by atoms with Crippen LogP contribution >= 0.6 is 27.3 Å². The highest BCUT2D eigenvalue weighted by molar-refractivity contribution is 9.11. The Bertz CT molecular complexity index is 319. The zero-order chi connectivity index (χ0) is 12.2. The van der Waals surface area contributed by atoms with Crippen LogP contribution in [0.25, 0.3) is 0 Å². The summed E-state index contributed by atoms with van der Waals surface area (Å²) in [4.78, 5) is 0. The van der Waals surface area contributed by atoms with Gasteiger partial charge in [-0.1, -0.05) is 20.8 Å². The summed E-state index contributed by atoms with van der Waals surface area (Å²) in [6.45, 7) is 7.92. The van der Waals surface area contributed by atoms with E-state index < -0.39 is 0 Å². The first-order chi connectivity index (χ1) is 7.37. The number of halogens is 1. The van der Waals surface area contributed by atoms with Crippen LogP contribution < -0.4 is 5.32 Å². The molecule has 0 aliphatic carbocycles. The second-order valence-corrected chi connectivity index (χ2v) is 7.60. The monoisotopic (exact) mass is 305 g/mol. The molecule has 0 bridgehead atoms. The van der Waals surface area contributed by atoms with Gasteiger partial charge in [-0.15, -0.1) is 11.3 Å². The quantitative estimate of drug-likeness (QED) is 0.874. The van der Waals surface area contributed by atoms with E-state index in [2.05, 4.69) is 53.5 Å². The average molecular weight is 306 g/mol. The highest BCUT2D eigenvalue weighted by Crippen LogP contribution is 2.21. The molecule has 0 spiro atoms. The van der Waals surface area contributed by atoms with Crippen molar-refractivity contribution in [2.75, 3.05) is 6.54 Å². The minimum atomic E-state index is -0.262. The van der Waals surface area contributed by atoms with E-state index in [-0.39, 0.29) is 11.5 Å². The van der Waals surface area contributed by atoms with Gasteiger partial charge in [-0.25, -0.2) is 0 Å². The number of aliphatic hydroxyl groups is 1. The molecule has 0 saturated heterocycles. The lowest BCUT2D eigenvalue weighted by molar-refractivity contribution is 0.119. The Hall–Kier alpha value is 0.100. The topological polar surface area (TPSA) is 32.3 Å². The van der Waals surface area contributed by atoms with E-state index in [1.54, 1.807) is 11.3 Å². The number of rotatable bonds is 5. The van der Waals surface area contributed by atoms with E-state index in [0.29, 0.717) is 6.54 Å². The summed E-state index contributed by atoms with van der Waals surface area (Å²) in [5, 5.41) is 15.2. The molecule has 1 aromatic heterocycles. The molecule has 16 heavy (non-hydrogen) atoms. The largest absolute Gasteiger partial charge is 0.392 e. The van der Waals surface area contributed by atoms with Gasteiger partial charge in [0.1, 0.15) is 0 Å². The van der Waals surface area contributed by atoms with E-state index >= 15 is 0 Å². The molecule has 4 heteroatoms. The van der Waals surface area contributed by atoms with E-state index in [4.69, 9.17) is 0 Å². The Morgan fingerprint density at radius 2 is 2.19 bits per heavy atom. The van der Waals surface area contributed by atoms with E-state index in [1.807, 2.05) is 0 Å². The van der Waals surface area contributed by atoms with Crippen LogP contribution in [0.15, 0.2) is 15.2 Å². The maximum Gasteiger partial charge on any atom is 0.0701 e. The molecule has 0 amide bonds. The van der Waals surface area contributed by atoms with E-state index in [1.165, 1.54) is 5.56 Å². The average Bonchev–Trinajstić information content (AvgIpc) is 2.48. The van der Waals surface area contributed by atoms with Crippen molar-refractivity contribution >= 4 is 27.3 Å². The Balaban J connectivity index is 2.20. The van der Waals surface area contributed by atoms with Crippen molar-refractivity contribution in [3.05, 3.63) is 20.8 Å². The molecule has 2 N–H and O–H groups in total. The summed E-state index contributed by atoms with van der Waals surface area (Å²) in [5.74, 6) is 0. The minimum Gasteiger partial charge on any atom is -0.392 e. The predicted molar refractivity (Wildman–Crippen MR) is 73.8 cm³/mol. The molecule has 0 saturated carbocycles. The first-order valence-electron chi connectivity index (χ1n) is 5.48. The van der Waals surface area contributed by atoms with Crippen LogP contribution in [-0.4, -0.2) is 17.8 Å².